The fourth-order valence-electron chi connectivity index (χ4n) is 2.54. The molecule has 1 unspecified atom stereocenters. The second-order valence-electron chi connectivity index (χ2n) is 6.33. The minimum Gasteiger partial charge on any atom is -0.424 e. The third kappa shape index (κ3) is 4.17. The van der Waals surface area contributed by atoms with Crippen LogP contribution in [0.25, 0.3) is 0 Å². The number of hydrogen-bond acceptors (Lipinski definition) is 5. The Hall–Kier alpha value is -2.17. The summed E-state index contributed by atoms with van der Waals surface area (Å²) in [4.78, 5) is -1.98. The Morgan fingerprint density at radius 2 is 1.30 bits per heavy atom. The summed E-state index contributed by atoms with van der Waals surface area (Å²) in [6, 6.07) is 2.42. The molecule has 0 fully saturated rings. The largest absolute Gasteiger partial charge is 0.424 e. The van der Waals surface area contributed by atoms with E-state index in [1.165, 1.54) is 39.8 Å². The van der Waals surface area contributed by atoms with Gasteiger partial charge in [-0.25, -0.2) is 34.9 Å². The monoisotopic (exact) mass is 473 g/mol. The zero-order valence-corrected chi connectivity index (χ0v) is 18.1. The van der Waals surface area contributed by atoms with Gasteiger partial charge in [0.15, 0.2) is 28.2 Å². The van der Waals surface area contributed by atoms with Crippen LogP contribution < -0.4 is 8.83 Å². The lowest BCUT2D eigenvalue weighted by molar-refractivity contribution is 0.327. The molecule has 2 aromatic rings. The van der Waals surface area contributed by atoms with E-state index < -0.39 is 51.6 Å². The highest BCUT2D eigenvalue weighted by Gasteiger charge is 2.36. The van der Waals surface area contributed by atoms with Gasteiger partial charge in [-0.3, -0.25) is 4.31 Å². The quantitative estimate of drug-likeness (QED) is 0.264. The van der Waals surface area contributed by atoms with E-state index in [0.29, 0.717) is 4.31 Å². The van der Waals surface area contributed by atoms with Crippen LogP contribution >= 0.6 is 7.60 Å². The number of nitrogens with zero attached hydrogens (tertiary/aromatic N) is 1. The van der Waals surface area contributed by atoms with Gasteiger partial charge in [0, 0.05) is 20.8 Å². The highest BCUT2D eigenvalue weighted by atomic mass is 32.2. The van der Waals surface area contributed by atoms with Crippen LogP contribution in [0.5, 0.6) is 5.75 Å². The fourth-order valence-corrected chi connectivity index (χ4v) is 4.53. The van der Waals surface area contributed by atoms with E-state index in [4.69, 9.17) is 9.05 Å². The summed E-state index contributed by atoms with van der Waals surface area (Å²) in [5, 5.41) is 0. The van der Waals surface area contributed by atoms with Crippen molar-refractivity contribution in [3.05, 3.63) is 52.3 Å². The van der Waals surface area contributed by atoms with E-state index in [0.717, 1.165) is 7.05 Å². The molecule has 0 aliphatic rings. The maximum absolute atomic E-state index is 14.0. The first-order valence-electron chi connectivity index (χ1n) is 8.10. The molecule has 30 heavy (non-hydrogen) atoms. The van der Waals surface area contributed by atoms with Gasteiger partial charge in [0.1, 0.15) is 5.75 Å². The topological polar surface area (TPSA) is 72.9 Å². The molecule has 0 bridgehead atoms. The van der Waals surface area contributed by atoms with Crippen molar-refractivity contribution in [2.75, 3.05) is 25.1 Å². The third-order valence-corrected chi connectivity index (χ3v) is 7.17. The Morgan fingerprint density at radius 1 is 0.900 bits per heavy atom. The second kappa shape index (κ2) is 8.16. The molecule has 6 nitrogen and oxygen atoms in total. The zero-order valence-electron chi connectivity index (χ0n) is 16.4. The summed E-state index contributed by atoms with van der Waals surface area (Å²) in [6.45, 7) is 4.15. The van der Waals surface area contributed by atoms with Crippen molar-refractivity contribution < 1.29 is 44.0 Å². The lowest BCUT2D eigenvalue weighted by atomic mass is 10.1. The molecule has 0 saturated heterocycles. The minimum absolute atomic E-state index is 0.119. The standard InChI is InChI=1S/C17H17F5NO5PS/c1-8-6-10(7-9(2)16(8)28-29(5,24)27-4)23(3)30(25,26)17-14(21)12(19)11(18)13(20)15(17)22/h6-7H,1-5H3. The fraction of sp³-hybridized carbons (Fsp3) is 0.294. The molecule has 0 radical (unpaired) electrons. The summed E-state index contributed by atoms with van der Waals surface area (Å²) in [5.41, 5.74) is 0.400. The molecular weight excluding hydrogens is 456 g/mol. The van der Waals surface area contributed by atoms with E-state index in [9.17, 15) is 34.9 Å². The summed E-state index contributed by atoms with van der Waals surface area (Å²) in [5.74, 6) is -12.1. The van der Waals surface area contributed by atoms with Gasteiger partial charge in [-0.15, -0.1) is 0 Å². The highest BCUT2D eigenvalue weighted by molar-refractivity contribution is 7.92. The van der Waals surface area contributed by atoms with Gasteiger partial charge in [-0.05, 0) is 37.1 Å². The Labute approximate surface area is 169 Å². The van der Waals surface area contributed by atoms with E-state index >= 15 is 0 Å². The predicted molar refractivity (Wildman–Crippen MR) is 98.9 cm³/mol. The van der Waals surface area contributed by atoms with Crippen molar-refractivity contribution in [2.45, 2.75) is 18.7 Å². The average Bonchev–Trinajstić information content (AvgIpc) is 2.66. The molecule has 2 aromatic carbocycles. The van der Waals surface area contributed by atoms with Crippen molar-refractivity contribution >= 4 is 23.3 Å². The number of anilines is 1. The van der Waals surface area contributed by atoms with E-state index in [1.807, 2.05) is 0 Å². The van der Waals surface area contributed by atoms with Crippen LogP contribution in [0.2, 0.25) is 0 Å². The number of rotatable bonds is 6. The van der Waals surface area contributed by atoms with Crippen LogP contribution in [0.4, 0.5) is 27.6 Å². The Kier molecular flexibility index (Phi) is 6.56. The molecular formula is C17H17F5NO5PS. The summed E-state index contributed by atoms with van der Waals surface area (Å²) in [7, 11) is -6.58. The number of benzene rings is 2. The van der Waals surface area contributed by atoms with Crippen molar-refractivity contribution in [2.24, 2.45) is 0 Å². The zero-order chi connectivity index (χ0) is 23.2. The smallest absolute Gasteiger partial charge is 0.375 e. The van der Waals surface area contributed by atoms with Crippen molar-refractivity contribution in [3.8, 4) is 5.75 Å². The Morgan fingerprint density at radius 3 is 1.70 bits per heavy atom. The van der Waals surface area contributed by atoms with E-state index in [1.54, 1.807) is 0 Å². The molecule has 2 rings (SSSR count). The van der Waals surface area contributed by atoms with Gasteiger partial charge < -0.3 is 9.05 Å². The molecule has 0 aromatic heterocycles. The lowest BCUT2D eigenvalue weighted by Gasteiger charge is -2.23. The number of sulfonamides is 1. The maximum atomic E-state index is 14.0. The van der Waals surface area contributed by atoms with Crippen LogP contribution in [0, 0.1) is 42.9 Å². The lowest BCUT2D eigenvalue weighted by Crippen LogP contribution is -2.29. The van der Waals surface area contributed by atoms with Crippen LogP contribution in [-0.2, 0) is 19.1 Å². The van der Waals surface area contributed by atoms with E-state index in [-0.39, 0.29) is 22.6 Å². The molecule has 0 N–H and O–H groups in total. The molecule has 166 valence electrons. The Bertz CT molecular complexity index is 1120. The molecule has 0 aliphatic carbocycles. The van der Waals surface area contributed by atoms with Crippen LogP contribution in [0.15, 0.2) is 17.0 Å². The highest BCUT2D eigenvalue weighted by Crippen LogP contribution is 2.46. The van der Waals surface area contributed by atoms with Gasteiger partial charge in [-0.1, -0.05) is 0 Å². The molecule has 0 heterocycles. The first kappa shape index (κ1) is 24.1. The normalized spacial score (nSPS) is 13.8. The van der Waals surface area contributed by atoms with Crippen LogP contribution in [0.1, 0.15) is 11.1 Å². The van der Waals surface area contributed by atoms with Crippen LogP contribution in [0.3, 0.4) is 0 Å². The summed E-state index contributed by atoms with van der Waals surface area (Å²) in [6.07, 6.45) is 0. The van der Waals surface area contributed by atoms with Gasteiger partial charge in [0.2, 0.25) is 5.82 Å². The first-order valence-corrected chi connectivity index (χ1v) is 11.5. The Balaban J connectivity index is 2.62. The van der Waals surface area contributed by atoms with Gasteiger partial charge >= 0.3 is 7.60 Å². The molecule has 0 spiro atoms. The number of aryl methyl sites for hydroxylation is 2. The van der Waals surface area contributed by atoms with Crippen LogP contribution in [-0.4, -0.2) is 29.2 Å². The summed E-state index contributed by atoms with van der Waals surface area (Å²) >= 11 is 0. The average molecular weight is 473 g/mol. The van der Waals surface area contributed by atoms with Crippen molar-refractivity contribution in [3.63, 3.8) is 0 Å². The van der Waals surface area contributed by atoms with E-state index in [2.05, 4.69) is 0 Å². The van der Waals surface area contributed by atoms with Gasteiger partial charge in [-0.2, -0.15) is 0 Å². The van der Waals surface area contributed by atoms with Gasteiger partial charge in [0.25, 0.3) is 10.0 Å². The first-order chi connectivity index (χ1) is 13.7. The van der Waals surface area contributed by atoms with Crippen molar-refractivity contribution in [1.82, 2.24) is 0 Å². The minimum atomic E-state index is -5.18. The van der Waals surface area contributed by atoms with Gasteiger partial charge in [0.05, 0.1) is 5.69 Å². The molecule has 13 heteroatoms. The third-order valence-electron chi connectivity index (χ3n) is 4.19. The SMILES string of the molecule is COP(C)(=O)Oc1c(C)cc(N(C)S(=O)(=O)c2c(F)c(F)c(F)c(F)c2F)cc1C. The predicted octanol–water partition coefficient (Wildman–Crippen LogP) is 4.67. The maximum Gasteiger partial charge on any atom is 0.375 e. The number of hydrogen-bond donors (Lipinski definition) is 0. The summed E-state index contributed by atoms with van der Waals surface area (Å²) < 4.78 is 116. The number of halogens is 5. The molecule has 1 atom stereocenters. The molecule has 0 aliphatic heterocycles. The molecule has 0 saturated carbocycles. The van der Waals surface area contributed by atoms with Crippen molar-refractivity contribution in [1.29, 1.82) is 0 Å². The second-order valence-corrected chi connectivity index (χ2v) is 10.3. The molecule has 0 amide bonds.